The summed E-state index contributed by atoms with van der Waals surface area (Å²) in [5.41, 5.74) is 2.10. The molecule has 8 nitrogen and oxygen atoms in total. The van der Waals surface area contributed by atoms with Gasteiger partial charge in [-0.15, -0.1) is 24.0 Å². The highest BCUT2D eigenvalue weighted by molar-refractivity contribution is 14.0. The zero-order chi connectivity index (χ0) is 22.6. The maximum atomic E-state index is 5.78. The molecule has 1 saturated heterocycles. The molecule has 182 valence electrons. The van der Waals surface area contributed by atoms with Crippen molar-refractivity contribution in [2.45, 2.75) is 19.9 Å². The van der Waals surface area contributed by atoms with Crippen molar-refractivity contribution >= 4 is 41.4 Å². The van der Waals surface area contributed by atoms with Gasteiger partial charge in [0.2, 0.25) is 0 Å². The Morgan fingerprint density at radius 1 is 1.12 bits per heavy atom. The van der Waals surface area contributed by atoms with E-state index in [2.05, 4.69) is 43.4 Å². The van der Waals surface area contributed by atoms with Gasteiger partial charge in [0.05, 0.1) is 6.61 Å². The van der Waals surface area contributed by atoms with Crippen molar-refractivity contribution in [3.8, 4) is 5.75 Å². The predicted octanol–water partition coefficient (Wildman–Crippen LogP) is 3.44. The van der Waals surface area contributed by atoms with Gasteiger partial charge in [-0.1, -0.05) is 13.0 Å². The number of guanidine groups is 1. The van der Waals surface area contributed by atoms with Gasteiger partial charge in [0.15, 0.2) is 5.96 Å². The number of likely N-dealkylation sites (N-methyl/N-ethyl adjacent to an activating group) is 1. The molecule has 2 aromatic rings. The van der Waals surface area contributed by atoms with Crippen molar-refractivity contribution in [1.29, 1.82) is 0 Å². The van der Waals surface area contributed by atoms with E-state index in [0.29, 0.717) is 25.7 Å². The molecule has 2 N–H and O–H groups in total. The summed E-state index contributed by atoms with van der Waals surface area (Å²) in [5, 5.41) is 6.72. The summed E-state index contributed by atoms with van der Waals surface area (Å²) < 4.78 is 10.8. The van der Waals surface area contributed by atoms with Crippen LogP contribution in [0.15, 0.2) is 47.6 Å². The zero-order valence-corrected chi connectivity index (χ0v) is 22.2. The average molecular weight is 569 g/mol. The van der Waals surface area contributed by atoms with Crippen LogP contribution in [0.3, 0.4) is 0 Å². The van der Waals surface area contributed by atoms with Crippen molar-refractivity contribution < 1.29 is 9.47 Å². The number of nitrogens with one attached hydrogen (secondary N) is 2. The fourth-order valence-electron chi connectivity index (χ4n) is 3.60. The number of anilines is 2. The Kier molecular flexibility index (Phi) is 12.3. The van der Waals surface area contributed by atoms with E-state index in [1.165, 1.54) is 5.56 Å². The van der Waals surface area contributed by atoms with Gasteiger partial charge >= 0.3 is 0 Å². The Hall–Kier alpha value is -2.11. The molecule has 1 fully saturated rings. The van der Waals surface area contributed by atoms with E-state index in [1.807, 2.05) is 36.5 Å². The average Bonchev–Trinajstić information content (AvgIpc) is 2.85. The van der Waals surface area contributed by atoms with Crippen LogP contribution in [-0.2, 0) is 11.3 Å². The Morgan fingerprint density at radius 3 is 2.67 bits per heavy atom. The molecular formula is C24H37IN6O2. The summed E-state index contributed by atoms with van der Waals surface area (Å²) in [6, 6.07) is 12.1. The lowest BCUT2D eigenvalue weighted by atomic mass is 10.2. The molecule has 1 aliphatic rings. The number of halogens is 1. The second kappa shape index (κ2) is 14.9. The van der Waals surface area contributed by atoms with Crippen LogP contribution in [0, 0.1) is 0 Å². The smallest absolute Gasteiger partial charge is 0.195 e. The fraction of sp³-hybridized carbons (Fsp3) is 0.500. The van der Waals surface area contributed by atoms with Crippen LogP contribution in [0.4, 0.5) is 11.5 Å². The second-order valence-corrected chi connectivity index (χ2v) is 7.72. The molecular weight excluding hydrogens is 531 g/mol. The van der Waals surface area contributed by atoms with Crippen LogP contribution < -0.4 is 20.3 Å². The van der Waals surface area contributed by atoms with E-state index in [1.54, 1.807) is 14.2 Å². The molecule has 2 heterocycles. The SMILES string of the molecule is CCN1CCN(c2cc(CNC(=NC)Nc3cccc(OCCCOC)c3)ccn2)CC1.I. The fourth-order valence-corrected chi connectivity index (χ4v) is 3.60. The first kappa shape index (κ1) is 27.1. The monoisotopic (exact) mass is 568 g/mol. The predicted molar refractivity (Wildman–Crippen MR) is 146 cm³/mol. The molecule has 1 aliphatic heterocycles. The van der Waals surface area contributed by atoms with Crippen LogP contribution in [-0.4, -0.2) is 75.9 Å². The zero-order valence-electron chi connectivity index (χ0n) is 19.9. The first-order valence-electron chi connectivity index (χ1n) is 11.3. The lowest BCUT2D eigenvalue weighted by molar-refractivity contribution is 0.172. The highest BCUT2D eigenvalue weighted by Crippen LogP contribution is 2.18. The number of methoxy groups -OCH3 is 1. The van der Waals surface area contributed by atoms with Gasteiger partial charge < -0.3 is 29.9 Å². The number of nitrogens with zero attached hydrogens (tertiary/aromatic N) is 4. The Labute approximate surface area is 214 Å². The van der Waals surface area contributed by atoms with Gasteiger partial charge in [-0.2, -0.15) is 0 Å². The van der Waals surface area contributed by atoms with Crippen LogP contribution >= 0.6 is 24.0 Å². The number of aromatic nitrogens is 1. The number of hydrogen-bond acceptors (Lipinski definition) is 6. The lowest BCUT2D eigenvalue weighted by Crippen LogP contribution is -2.46. The summed E-state index contributed by atoms with van der Waals surface area (Å²) in [7, 11) is 3.47. The molecule has 0 aliphatic carbocycles. The van der Waals surface area contributed by atoms with Gasteiger partial charge in [-0.05, 0) is 36.4 Å². The number of aliphatic imine (C=N–C) groups is 1. The van der Waals surface area contributed by atoms with E-state index in [0.717, 1.165) is 56.4 Å². The van der Waals surface area contributed by atoms with Crippen molar-refractivity contribution in [1.82, 2.24) is 15.2 Å². The van der Waals surface area contributed by atoms with Crippen molar-refractivity contribution in [3.63, 3.8) is 0 Å². The number of ether oxygens (including phenoxy) is 2. The molecule has 0 amide bonds. The van der Waals surface area contributed by atoms with Gasteiger partial charge in [0, 0.05) is 77.9 Å². The molecule has 33 heavy (non-hydrogen) atoms. The number of benzene rings is 1. The second-order valence-electron chi connectivity index (χ2n) is 7.72. The quantitative estimate of drug-likeness (QED) is 0.197. The third kappa shape index (κ3) is 8.98. The first-order valence-corrected chi connectivity index (χ1v) is 11.3. The first-order chi connectivity index (χ1) is 15.7. The van der Waals surface area contributed by atoms with Crippen molar-refractivity contribution in [2.24, 2.45) is 4.99 Å². The Morgan fingerprint density at radius 2 is 1.94 bits per heavy atom. The number of hydrogen-bond donors (Lipinski definition) is 2. The molecule has 0 spiro atoms. The molecule has 0 saturated carbocycles. The highest BCUT2D eigenvalue weighted by Gasteiger charge is 2.16. The Balaban J connectivity index is 0.00000385. The van der Waals surface area contributed by atoms with E-state index in [-0.39, 0.29) is 24.0 Å². The summed E-state index contributed by atoms with van der Waals surface area (Å²) in [4.78, 5) is 13.8. The number of pyridine rings is 1. The summed E-state index contributed by atoms with van der Waals surface area (Å²) in [5.74, 6) is 2.57. The largest absolute Gasteiger partial charge is 0.493 e. The minimum Gasteiger partial charge on any atom is -0.493 e. The molecule has 9 heteroatoms. The van der Waals surface area contributed by atoms with Gasteiger partial charge in [0.25, 0.3) is 0 Å². The standard InChI is InChI=1S/C24H36N6O2.HI/c1-4-29-11-13-30(14-12-29)23-17-20(9-10-26-23)19-27-24(25-2)28-21-7-5-8-22(18-21)32-16-6-15-31-3;/h5,7-10,17-18H,4,6,11-16,19H2,1-3H3,(H2,25,27,28);1H. The number of piperazine rings is 1. The molecule has 3 rings (SSSR count). The normalized spacial score (nSPS) is 14.5. The lowest BCUT2D eigenvalue weighted by Gasteiger charge is -2.34. The summed E-state index contributed by atoms with van der Waals surface area (Å²) in [6.07, 6.45) is 2.75. The van der Waals surface area contributed by atoms with Crippen LogP contribution in [0.25, 0.3) is 0 Å². The van der Waals surface area contributed by atoms with Gasteiger partial charge in [-0.25, -0.2) is 4.98 Å². The van der Waals surface area contributed by atoms with Crippen LogP contribution in [0.1, 0.15) is 18.9 Å². The van der Waals surface area contributed by atoms with Crippen molar-refractivity contribution in [3.05, 3.63) is 48.2 Å². The summed E-state index contributed by atoms with van der Waals surface area (Å²) >= 11 is 0. The van der Waals surface area contributed by atoms with Crippen molar-refractivity contribution in [2.75, 3.05) is 70.3 Å². The maximum absolute atomic E-state index is 5.78. The van der Waals surface area contributed by atoms with E-state index < -0.39 is 0 Å². The third-order valence-corrected chi connectivity index (χ3v) is 5.50. The minimum atomic E-state index is 0. The number of rotatable bonds is 10. The topological polar surface area (TPSA) is 74.2 Å². The Bertz CT molecular complexity index is 858. The van der Waals surface area contributed by atoms with Gasteiger partial charge in [0.1, 0.15) is 11.6 Å². The molecule has 0 unspecified atom stereocenters. The molecule has 0 radical (unpaired) electrons. The third-order valence-electron chi connectivity index (χ3n) is 5.50. The van der Waals surface area contributed by atoms with Gasteiger partial charge in [-0.3, -0.25) is 4.99 Å². The van der Waals surface area contributed by atoms with Crippen LogP contribution in [0.5, 0.6) is 5.75 Å². The maximum Gasteiger partial charge on any atom is 0.195 e. The molecule has 0 atom stereocenters. The summed E-state index contributed by atoms with van der Waals surface area (Å²) in [6.45, 7) is 9.53. The van der Waals surface area contributed by atoms with E-state index >= 15 is 0 Å². The highest BCUT2D eigenvalue weighted by atomic mass is 127. The molecule has 0 bridgehead atoms. The van der Waals surface area contributed by atoms with E-state index in [9.17, 15) is 0 Å². The van der Waals surface area contributed by atoms with E-state index in [4.69, 9.17) is 9.47 Å². The molecule has 1 aromatic heterocycles. The molecule has 1 aromatic carbocycles. The minimum absolute atomic E-state index is 0. The van der Waals surface area contributed by atoms with Crippen LogP contribution in [0.2, 0.25) is 0 Å².